The third kappa shape index (κ3) is 3.16. The second-order valence-electron chi connectivity index (χ2n) is 4.61. The minimum absolute atomic E-state index is 0.0252. The van der Waals surface area contributed by atoms with Crippen LogP contribution in [0, 0.1) is 6.92 Å². The van der Waals surface area contributed by atoms with Gasteiger partial charge in [-0.2, -0.15) is 0 Å². The molecule has 1 fully saturated rings. The summed E-state index contributed by atoms with van der Waals surface area (Å²) in [5.41, 5.74) is -0.706. The maximum absolute atomic E-state index is 11.7. The Balaban J connectivity index is 1.96. The third-order valence-electron chi connectivity index (χ3n) is 2.67. The summed E-state index contributed by atoms with van der Waals surface area (Å²) in [7, 11) is -3.04. The van der Waals surface area contributed by atoms with E-state index in [0.717, 1.165) is 5.01 Å². The summed E-state index contributed by atoms with van der Waals surface area (Å²) in [4.78, 5) is 11.7. The first-order valence-corrected chi connectivity index (χ1v) is 8.02. The molecule has 1 saturated heterocycles. The van der Waals surface area contributed by atoms with Gasteiger partial charge in [0.25, 0.3) is 0 Å². The first kappa shape index (κ1) is 13.2. The Hall–Kier alpha value is -1.22. The van der Waals surface area contributed by atoms with E-state index in [2.05, 4.69) is 20.8 Å². The van der Waals surface area contributed by atoms with Crippen molar-refractivity contribution < 1.29 is 13.2 Å². The molecule has 1 aromatic rings. The normalized spacial score (nSPS) is 25.9. The second kappa shape index (κ2) is 4.47. The van der Waals surface area contributed by atoms with Gasteiger partial charge in [-0.25, -0.2) is 13.2 Å². The van der Waals surface area contributed by atoms with Gasteiger partial charge in [0.2, 0.25) is 5.13 Å². The van der Waals surface area contributed by atoms with Crippen LogP contribution in [0.2, 0.25) is 0 Å². The number of aryl methyl sites for hydroxylation is 1. The zero-order valence-electron chi connectivity index (χ0n) is 10.1. The molecule has 7 nitrogen and oxygen atoms in total. The van der Waals surface area contributed by atoms with Crippen molar-refractivity contribution in [1.29, 1.82) is 0 Å². The number of anilines is 1. The Morgan fingerprint density at radius 3 is 2.67 bits per heavy atom. The number of nitrogens with one attached hydrogen (secondary N) is 2. The standard InChI is InChI=1S/C9H14N4O3S2/c1-6-12-13-8(17-6)10-7(14)11-9(2)3-4-18(15,16)5-9/h3-5H2,1-2H3,(H2,10,11,13,14)/t9-/m0/s1. The van der Waals surface area contributed by atoms with E-state index < -0.39 is 21.4 Å². The lowest BCUT2D eigenvalue weighted by atomic mass is 10.0. The van der Waals surface area contributed by atoms with Crippen LogP contribution >= 0.6 is 11.3 Å². The van der Waals surface area contributed by atoms with Crippen LogP contribution in [0.15, 0.2) is 0 Å². The van der Waals surface area contributed by atoms with Crippen molar-refractivity contribution in [1.82, 2.24) is 15.5 Å². The molecule has 0 radical (unpaired) electrons. The Morgan fingerprint density at radius 1 is 1.44 bits per heavy atom. The third-order valence-corrected chi connectivity index (χ3v) is 5.32. The van der Waals surface area contributed by atoms with Crippen molar-refractivity contribution in [3.05, 3.63) is 5.01 Å². The number of rotatable bonds is 2. The summed E-state index contributed by atoms with van der Waals surface area (Å²) < 4.78 is 22.8. The maximum Gasteiger partial charge on any atom is 0.321 e. The fourth-order valence-corrected chi connectivity index (χ4v) is 4.54. The van der Waals surface area contributed by atoms with Crippen LogP contribution in [0.4, 0.5) is 9.93 Å². The molecule has 0 saturated carbocycles. The second-order valence-corrected chi connectivity index (χ2v) is 7.97. The van der Waals surface area contributed by atoms with Crippen molar-refractivity contribution in [3.63, 3.8) is 0 Å². The van der Waals surface area contributed by atoms with Crippen molar-refractivity contribution in [2.45, 2.75) is 25.8 Å². The minimum Gasteiger partial charge on any atom is -0.332 e. The molecule has 2 N–H and O–H groups in total. The summed E-state index contributed by atoms with van der Waals surface area (Å²) in [5.74, 6) is 0.0876. The van der Waals surface area contributed by atoms with E-state index in [1.165, 1.54) is 11.3 Å². The largest absolute Gasteiger partial charge is 0.332 e. The van der Waals surface area contributed by atoms with E-state index in [9.17, 15) is 13.2 Å². The van der Waals surface area contributed by atoms with Crippen LogP contribution in [0.25, 0.3) is 0 Å². The Labute approximate surface area is 109 Å². The van der Waals surface area contributed by atoms with Gasteiger partial charge >= 0.3 is 6.03 Å². The van der Waals surface area contributed by atoms with E-state index in [1.807, 2.05) is 0 Å². The van der Waals surface area contributed by atoms with E-state index in [1.54, 1.807) is 13.8 Å². The average molecular weight is 290 g/mol. The topological polar surface area (TPSA) is 101 Å². The van der Waals surface area contributed by atoms with Gasteiger partial charge in [-0.15, -0.1) is 10.2 Å². The average Bonchev–Trinajstić information content (AvgIpc) is 2.70. The maximum atomic E-state index is 11.7. The van der Waals surface area contributed by atoms with E-state index >= 15 is 0 Å². The van der Waals surface area contributed by atoms with E-state index in [0.29, 0.717) is 11.6 Å². The SMILES string of the molecule is Cc1nnc(NC(=O)N[C@@]2(C)CCS(=O)(=O)C2)s1. The smallest absolute Gasteiger partial charge is 0.321 e. The number of aromatic nitrogens is 2. The summed E-state index contributed by atoms with van der Waals surface area (Å²) in [5, 5.41) is 13.9. The summed E-state index contributed by atoms with van der Waals surface area (Å²) >= 11 is 1.26. The van der Waals surface area contributed by atoms with Crippen molar-refractivity contribution in [3.8, 4) is 0 Å². The first-order valence-electron chi connectivity index (χ1n) is 5.38. The highest BCUT2D eigenvalue weighted by atomic mass is 32.2. The Morgan fingerprint density at radius 2 is 2.17 bits per heavy atom. The quantitative estimate of drug-likeness (QED) is 0.828. The Kier molecular flexibility index (Phi) is 3.28. The molecule has 1 aliphatic heterocycles. The predicted octanol–water partition coefficient (Wildman–Crippen LogP) is 0.545. The van der Waals surface area contributed by atoms with Crippen LogP contribution in [0.1, 0.15) is 18.4 Å². The fraction of sp³-hybridized carbons (Fsp3) is 0.667. The van der Waals surface area contributed by atoms with Gasteiger partial charge in [0.05, 0.1) is 17.0 Å². The molecule has 18 heavy (non-hydrogen) atoms. The number of carbonyl (C=O) groups is 1. The molecule has 0 spiro atoms. The van der Waals surface area contributed by atoms with Crippen LogP contribution in [-0.4, -0.2) is 41.7 Å². The lowest BCUT2D eigenvalue weighted by Crippen LogP contribution is -2.48. The monoisotopic (exact) mass is 290 g/mol. The fourth-order valence-electron chi connectivity index (χ4n) is 1.86. The molecule has 2 rings (SSSR count). The van der Waals surface area contributed by atoms with Gasteiger partial charge in [0, 0.05) is 0 Å². The molecule has 1 aliphatic rings. The number of hydrogen-bond acceptors (Lipinski definition) is 6. The van der Waals surface area contributed by atoms with Crippen molar-refractivity contribution >= 4 is 32.3 Å². The van der Waals surface area contributed by atoms with Gasteiger partial charge in [0.15, 0.2) is 9.84 Å². The minimum atomic E-state index is -3.04. The molecular formula is C9H14N4O3S2. The Bertz CT molecular complexity index is 568. The van der Waals surface area contributed by atoms with Crippen LogP contribution in [0.5, 0.6) is 0 Å². The molecule has 9 heteroatoms. The lowest BCUT2D eigenvalue weighted by Gasteiger charge is -2.23. The van der Waals surface area contributed by atoms with Crippen molar-refractivity contribution in [2.24, 2.45) is 0 Å². The van der Waals surface area contributed by atoms with Crippen LogP contribution in [-0.2, 0) is 9.84 Å². The molecular weight excluding hydrogens is 276 g/mol. The number of carbonyl (C=O) groups excluding carboxylic acids is 1. The number of urea groups is 1. The van der Waals surface area contributed by atoms with Gasteiger partial charge < -0.3 is 5.32 Å². The lowest BCUT2D eigenvalue weighted by molar-refractivity contribution is 0.242. The molecule has 100 valence electrons. The zero-order chi connectivity index (χ0) is 13.4. The number of sulfone groups is 1. The summed E-state index contributed by atoms with van der Waals surface area (Å²) in [6.45, 7) is 3.51. The zero-order valence-corrected chi connectivity index (χ0v) is 11.7. The number of hydrogen-bond donors (Lipinski definition) is 2. The van der Waals surface area contributed by atoms with Gasteiger partial charge in [-0.1, -0.05) is 11.3 Å². The molecule has 0 aromatic carbocycles. The van der Waals surface area contributed by atoms with E-state index in [4.69, 9.17) is 0 Å². The molecule has 0 unspecified atom stereocenters. The highest BCUT2D eigenvalue weighted by Crippen LogP contribution is 2.23. The van der Waals surface area contributed by atoms with Gasteiger partial charge in [-0.3, -0.25) is 5.32 Å². The van der Waals surface area contributed by atoms with E-state index in [-0.39, 0.29) is 11.5 Å². The highest BCUT2D eigenvalue weighted by molar-refractivity contribution is 7.91. The number of amides is 2. The summed E-state index contributed by atoms with van der Waals surface area (Å²) in [6.07, 6.45) is 0.428. The first-order chi connectivity index (χ1) is 8.28. The molecule has 2 amide bonds. The molecule has 0 bridgehead atoms. The molecule has 1 aromatic heterocycles. The summed E-state index contributed by atoms with van der Waals surface area (Å²) in [6, 6.07) is -0.453. The molecule has 1 atom stereocenters. The molecule has 2 heterocycles. The highest BCUT2D eigenvalue weighted by Gasteiger charge is 2.39. The van der Waals surface area contributed by atoms with Gasteiger partial charge in [-0.05, 0) is 20.3 Å². The number of nitrogens with zero attached hydrogens (tertiary/aromatic N) is 2. The van der Waals surface area contributed by atoms with Crippen LogP contribution < -0.4 is 10.6 Å². The predicted molar refractivity (Wildman–Crippen MR) is 68.5 cm³/mol. The molecule has 0 aliphatic carbocycles. The van der Waals surface area contributed by atoms with Crippen molar-refractivity contribution in [2.75, 3.05) is 16.8 Å². The van der Waals surface area contributed by atoms with Crippen LogP contribution in [0.3, 0.4) is 0 Å². The van der Waals surface area contributed by atoms with Gasteiger partial charge in [0.1, 0.15) is 5.01 Å².